The van der Waals surface area contributed by atoms with E-state index in [0.717, 1.165) is 23.1 Å². The van der Waals surface area contributed by atoms with Crippen LogP contribution < -0.4 is 0 Å². The van der Waals surface area contributed by atoms with Gasteiger partial charge in [0.15, 0.2) is 0 Å². The average Bonchev–Trinajstić information content (AvgIpc) is 3.16. The summed E-state index contributed by atoms with van der Waals surface area (Å²) in [6.45, 7) is 30.0. The predicted octanol–water partition coefficient (Wildman–Crippen LogP) is 12.2. The minimum atomic E-state index is -0.604. The maximum atomic E-state index is 11.1. The van der Waals surface area contributed by atoms with Crippen LogP contribution in [-0.4, -0.2) is 23.3 Å². The molecule has 0 heterocycles. The second kappa shape index (κ2) is 55.4. The zero-order valence-corrected chi connectivity index (χ0v) is 33.9. The summed E-state index contributed by atoms with van der Waals surface area (Å²) in [4.78, 5) is 21.5. The maximum absolute atomic E-state index is 11.1. The van der Waals surface area contributed by atoms with Crippen LogP contribution in [0.4, 0.5) is 4.79 Å². The third-order valence-electron chi connectivity index (χ3n) is 4.38. The molecule has 0 aliphatic heterocycles. The first-order chi connectivity index (χ1) is 22.4. The molecular formula is C40H70O6V. The number of aliphatic hydroxyl groups is 1. The van der Waals surface area contributed by atoms with Crippen molar-refractivity contribution in [2.24, 2.45) is 0 Å². The molecule has 0 aliphatic carbocycles. The molecule has 0 saturated heterocycles. The number of esters is 1. The second-order valence-electron chi connectivity index (χ2n) is 7.27. The Labute approximate surface area is 302 Å². The molecule has 0 fully saturated rings. The van der Waals surface area contributed by atoms with Gasteiger partial charge < -0.3 is 19.3 Å². The van der Waals surface area contributed by atoms with E-state index in [1.54, 1.807) is 0 Å². The van der Waals surface area contributed by atoms with Gasteiger partial charge >= 0.3 is 12.1 Å². The molecule has 3 aromatic carbocycles. The molecule has 3 aromatic rings. The van der Waals surface area contributed by atoms with E-state index in [9.17, 15) is 9.59 Å². The summed E-state index contributed by atoms with van der Waals surface area (Å²) in [5.41, 5.74) is 2.94. The Kier molecular flexibility index (Phi) is 69.9. The first-order valence-electron chi connectivity index (χ1n) is 17.1. The van der Waals surface area contributed by atoms with Crippen molar-refractivity contribution in [2.45, 2.75) is 136 Å². The number of hydrogen-bond acceptors (Lipinski definition) is 6. The van der Waals surface area contributed by atoms with E-state index in [2.05, 4.69) is 0 Å². The summed E-state index contributed by atoms with van der Waals surface area (Å²) in [5.74, 6) is -0.242. The number of rotatable bonds is 7. The minimum absolute atomic E-state index is 0. The molecule has 47 heavy (non-hydrogen) atoms. The van der Waals surface area contributed by atoms with Crippen LogP contribution in [0.5, 0.6) is 0 Å². The smallest absolute Gasteiger partial charge is 0.461 e. The topological polar surface area (TPSA) is 82.1 Å². The molecule has 0 spiro atoms. The number of carbonyl (C=O) groups is 2. The van der Waals surface area contributed by atoms with E-state index in [4.69, 9.17) is 19.3 Å². The quantitative estimate of drug-likeness (QED) is 0.248. The van der Waals surface area contributed by atoms with E-state index in [1.807, 2.05) is 188 Å². The summed E-state index contributed by atoms with van der Waals surface area (Å²) < 4.78 is 14.7. The van der Waals surface area contributed by atoms with Gasteiger partial charge in [-0.3, -0.25) is 4.79 Å². The zero-order chi connectivity index (χ0) is 37.0. The number of hydrogen-bond donors (Lipinski definition) is 1. The van der Waals surface area contributed by atoms with Crippen molar-refractivity contribution in [3.8, 4) is 0 Å². The summed E-state index contributed by atoms with van der Waals surface area (Å²) in [7, 11) is 0. The molecule has 1 atom stereocenters. The second-order valence-corrected chi connectivity index (χ2v) is 7.27. The Balaban J connectivity index is -0.0000000890. The molecule has 0 aromatic heterocycles. The summed E-state index contributed by atoms with van der Waals surface area (Å²) in [6.07, 6.45) is 0.0990. The zero-order valence-electron chi connectivity index (χ0n) is 32.5. The fourth-order valence-electron chi connectivity index (χ4n) is 2.34. The van der Waals surface area contributed by atoms with Crippen LogP contribution in [0.15, 0.2) is 91.0 Å². The van der Waals surface area contributed by atoms with E-state index in [1.165, 1.54) is 6.92 Å². The largest absolute Gasteiger partial charge is 0.508 e. The van der Waals surface area contributed by atoms with Crippen molar-refractivity contribution >= 4 is 12.1 Å². The van der Waals surface area contributed by atoms with Gasteiger partial charge in [-0.25, -0.2) is 4.79 Å². The monoisotopic (exact) mass is 697 g/mol. The summed E-state index contributed by atoms with van der Waals surface area (Å²) in [6, 6.07) is 28.6. The van der Waals surface area contributed by atoms with Gasteiger partial charge in [0.05, 0.1) is 6.61 Å². The number of benzene rings is 3. The molecule has 6 nitrogen and oxygen atoms in total. The number of ether oxygens (including phenoxy) is 3. The third-order valence-corrected chi connectivity index (χ3v) is 4.38. The normalized spacial score (nSPS) is 8.26. The molecule has 1 N–H and O–H groups in total. The predicted molar refractivity (Wildman–Crippen MR) is 200 cm³/mol. The van der Waals surface area contributed by atoms with Crippen LogP contribution in [0.1, 0.15) is 127 Å². The van der Waals surface area contributed by atoms with Crippen LogP contribution in [-0.2, 0) is 57.4 Å². The molecule has 3 rings (SSSR count). The number of carbonyl (C=O) groups excluding carboxylic acids is 2. The van der Waals surface area contributed by atoms with Crippen molar-refractivity contribution in [1.82, 2.24) is 0 Å². The van der Waals surface area contributed by atoms with Crippen molar-refractivity contribution in [2.75, 3.05) is 0 Å². The van der Waals surface area contributed by atoms with Gasteiger partial charge in [-0.2, -0.15) is 0 Å². The first kappa shape index (κ1) is 59.4. The van der Waals surface area contributed by atoms with Crippen molar-refractivity contribution in [3.05, 3.63) is 108 Å². The Morgan fingerprint density at radius 3 is 1.13 bits per heavy atom. The Hall–Kier alpha value is -3.06. The molecule has 1 radical (unpaired) electrons. The molecule has 0 amide bonds. The van der Waals surface area contributed by atoms with Crippen LogP contribution in [0, 0.1) is 0 Å². The van der Waals surface area contributed by atoms with Crippen molar-refractivity contribution in [3.63, 3.8) is 0 Å². The van der Waals surface area contributed by atoms with Crippen molar-refractivity contribution in [1.29, 1.82) is 0 Å². The standard InChI is InChI=1S/C12H16O3.C9H10O2.C7H8O.6C2H6.V/c1-3-10(2)15-12(13)14-9-11-7-5-4-6-8-11;1-8(10)11-7-9-5-3-2-4-6-9;8-6-7-4-2-1-3-5-7;6*1-2;/h4-8,10H,3,9H2,1-2H3;2-6H,7H2,1H3;1-5,8H,6H2;6*1-2H3;. The maximum Gasteiger partial charge on any atom is 0.508 e. The Bertz CT molecular complexity index is 923. The average molecular weight is 698 g/mol. The van der Waals surface area contributed by atoms with Gasteiger partial charge in [0.2, 0.25) is 0 Å². The minimum Gasteiger partial charge on any atom is -0.461 e. The molecule has 7 heteroatoms. The van der Waals surface area contributed by atoms with Gasteiger partial charge in [-0.1, -0.05) is 181 Å². The van der Waals surface area contributed by atoms with Crippen LogP contribution in [0.3, 0.4) is 0 Å². The van der Waals surface area contributed by atoms with Gasteiger partial charge in [0.25, 0.3) is 0 Å². The van der Waals surface area contributed by atoms with Crippen LogP contribution in [0.25, 0.3) is 0 Å². The molecule has 0 bridgehead atoms. The van der Waals surface area contributed by atoms with Crippen LogP contribution >= 0.6 is 0 Å². The fraction of sp³-hybridized carbons (Fsp3) is 0.500. The van der Waals surface area contributed by atoms with Gasteiger partial charge in [0, 0.05) is 25.5 Å². The summed E-state index contributed by atoms with van der Waals surface area (Å²) >= 11 is 0. The van der Waals surface area contributed by atoms with E-state index < -0.39 is 6.16 Å². The van der Waals surface area contributed by atoms with E-state index >= 15 is 0 Å². The number of aliphatic hydroxyl groups excluding tert-OH is 1. The van der Waals surface area contributed by atoms with Crippen molar-refractivity contribution < 1.29 is 47.5 Å². The Morgan fingerprint density at radius 1 is 0.574 bits per heavy atom. The molecule has 271 valence electrons. The third kappa shape index (κ3) is 47.5. The molecular weight excluding hydrogens is 627 g/mol. The SMILES string of the molecule is CC.CC.CC.CC.CC.CC.CC(=O)OCc1ccccc1.CCC(C)OC(=O)OCc1ccccc1.OCc1ccccc1.[V]. The Morgan fingerprint density at radius 2 is 0.872 bits per heavy atom. The van der Waals surface area contributed by atoms with Gasteiger partial charge in [-0.05, 0) is 30.0 Å². The van der Waals surface area contributed by atoms with Gasteiger partial charge in [0.1, 0.15) is 19.3 Å². The van der Waals surface area contributed by atoms with E-state index in [0.29, 0.717) is 6.61 Å². The van der Waals surface area contributed by atoms with E-state index in [-0.39, 0.29) is 43.8 Å². The fourth-order valence-corrected chi connectivity index (χ4v) is 2.34. The van der Waals surface area contributed by atoms with Crippen LogP contribution in [0.2, 0.25) is 0 Å². The summed E-state index contributed by atoms with van der Waals surface area (Å²) in [5, 5.41) is 8.54. The molecule has 1 unspecified atom stereocenters. The molecule has 0 aliphatic rings. The van der Waals surface area contributed by atoms with Gasteiger partial charge in [-0.15, -0.1) is 0 Å². The molecule has 0 saturated carbocycles. The first-order valence-corrected chi connectivity index (χ1v) is 17.1.